The van der Waals surface area contributed by atoms with Crippen LogP contribution in [0.4, 0.5) is 0 Å². The minimum absolute atomic E-state index is 0.0473. The summed E-state index contributed by atoms with van der Waals surface area (Å²) in [6.45, 7) is 24.2. The largest absolute Gasteiger partial charge is 0.417 e. The van der Waals surface area contributed by atoms with Gasteiger partial charge in [-0.25, -0.2) is 0 Å². The average Bonchev–Trinajstić information content (AvgIpc) is 3.34. The second kappa shape index (κ2) is 10.1. The predicted octanol–water partition coefficient (Wildman–Crippen LogP) is 8.70. The Balaban J connectivity index is 1.24. The molecule has 0 radical (unpaired) electrons. The molecule has 4 aliphatic carbocycles. The zero-order valence-corrected chi connectivity index (χ0v) is 27.8. The maximum Gasteiger partial charge on any atom is 0.191 e. The van der Waals surface area contributed by atoms with Gasteiger partial charge >= 0.3 is 0 Å². The van der Waals surface area contributed by atoms with Gasteiger partial charge in [-0.2, -0.15) is 0 Å². The Morgan fingerprint density at radius 1 is 1.00 bits per heavy atom. The molecule has 0 bridgehead atoms. The third kappa shape index (κ3) is 5.08. The first-order valence-electron chi connectivity index (χ1n) is 16.3. The van der Waals surface area contributed by atoms with Crippen molar-refractivity contribution in [1.82, 2.24) is 0 Å². The van der Waals surface area contributed by atoms with Crippen LogP contribution < -0.4 is 0 Å². The van der Waals surface area contributed by atoms with Crippen LogP contribution in [0.3, 0.4) is 0 Å². The van der Waals surface area contributed by atoms with Gasteiger partial charge in [0, 0.05) is 12.5 Å². The van der Waals surface area contributed by atoms with Gasteiger partial charge in [-0.1, -0.05) is 54.4 Å². The number of allylic oxidation sites excluding steroid dienone is 1. The van der Waals surface area contributed by atoms with Gasteiger partial charge in [-0.05, 0) is 123 Å². The van der Waals surface area contributed by atoms with Gasteiger partial charge in [0.1, 0.15) is 6.10 Å². The third-order valence-electron chi connectivity index (χ3n) is 12.9. The maximum absolute atomic E-state index is 13.9. The van der Waals surface area contributed by atoms with Crippen molar-refractivity contribution in [3.63, 3.8) is 0 Å². The third-order valence-corrected chi connectivity index (χ3v) is 17.4. The van der Waals surface area contributed by atoms with Crippen molar-refractivity contribution in [3.05, 3.63) is 11.6 Å². The first-order chi connectivity index (χ1) is 18.0. The Morgan fingerprint density at radius 2 is 1.72 bits per heavy atom. The van der Waals surface area contributed by atoms with Gasteiger partial charge in [0.25, 0.3) is 0 Å². The molecule has 4 nitrogen and oxygen atoms in total. The SMILES string of the molecule is C[C@H](CCCCO[Si](C)(C)C(C)(C)C)C1CCC2C3C(=O)C=C4C5OC(C)(C)OC5CCC4(C)C3CCC21C. The van der Waals surface area contributed by atoms with Gasteiger partial charge < -0.3 is 13.9 Å². The van der Waals surface area contributed by atoms with E-state index in [2.05, 4.69) is 54.6 Å². The number of ether oxygens (including phenoxy) is 2. The second-order valence-corrected chi connectivity index (χ2v) is 21.4. The molecule has 4 fully saturated rings. The fraction of sp³-hybridized carbons (Fsp3) is 0.912. The fourth-order valence-corrected chi connectivity index (χ4v) is 10.7. The summed E-state index contributed by atoms with van der Waals surface area (Å²) < 4.78 is 19.1. The molecule has 0 amide bonds. The Kier molecular flexibility index (Phi) is 7.73. The topological polar surface area (TPSA) is 44.8 Å². The molecule has 1 aliphatic heterocycles. The van der Waals surface area contributed by atoms with E-state index in [1.54, 1.807) is 0 Å². The lowest BCUT2D eigenvalue weighted by atomic mass is 9.46. The molecule has 0 N–H and O–H groups in total. The highest BCUT2D eigenvalue weighted by atomic mass is 28.4. The van der Waals surface area contributed by atoms with E-state index >= 15 is 0 Å². The van der Waals surface area contributed by atoms with Gasteiger partial charge in [0.2, 0.25) is 0 Å². The molecule has 0 aromatic carbocycles. The van der Waals surface area contributed by atoms with E-state index in [1.165, 1.54) is 50.5 Å². The summed E-state index contributed by atoms with van der Waals surface area (Å²) in [6.07, 6.45) is 12.9. The Morgan fingerprint density at radius 3 is 2.41 bits per heavy atom. The summed E-state index contributed by atoms with van der Waals surface area (Å²) in [6, 6.07) is 0. The van der Waals surface area contributed by atoms with Crippen molar-refractivity contribution >= 4 is 14.1 Å². The summed E-state index contributed by atoms with van der Waals surface area (Å²) in [5.41, 5.74) is 1.61. The zero-order chi connectivity index (χ0) is 28.6. The molecular weight excluding hydrogens is 500 g/mol. The molecule has 5 heteroatoms. The molecule has 0 aromatic rings. The van der Waals surface area contributed by atoms with Crippen LogP contribution in [-0.4, -0.2) is 38.7 Å². The lowest BCUT2D eigenvalue weighted by Gasteiger charge is -2.58. The summed E-state index contributed by atoms with van der Waals surface area (Å²) in [4.78, 5) is 13.9. The maximum atomic E-state index is 13.9. The molecule has 39 heavy (non-hydrogen) atoms. The van der Waals surface area contributed by atoms with Crippen molar-refractivity contribution in [3.8, 4) is 0 Å². The van der Waals surface area contributed by atoms with Gasteiger partial charge in [-0.15, -0.1) is 0 Å². The lowest BCUT2D eigenvalue weighted by molar-refractivity contribution is -0.144. The van der Waals surface area contributed by atoms with Gasteiger partial charge in [0.15, 0.2) is 19.9 Å². The molecule has 5 rings (SSSR count). The molecular formula is C34H58O4Si. The number of unbranched alkanes of at least 4 members (excludes halogenated alkanes) is 1. The van der Waals surface area contributed by atoms with Crippen molar-refractivity contribution < 1.29 is 18.7 Å². The van der Waals surface area contributed by atoms with E-state index in [1.807, 2.05) is 19.9 Å². The van der Waals surface area contributed by atoms with E-state index in [-0.39, 0.29) is 28.6 Å². The molecule has 222 valence electrons. The van der Waals surface area contributed by atoms with Crippen molar-refractivity contribution in [2.75, 3.05) is 6.61 Å². The first kappa shape index (κ1) is 30.0. The molecule has 3 saturated carbocycles. The average molecular weight is 559 g/mol. The summed E-state index contributed by atoms with van der Waals surface area (Å²) in [5, 5.41) is 0.282. The zero-order valence-electron chi connectivity index (χ0n) is 26.8. The Labute approximate surface area is 240 Å². The van der Waals surface area contributed by atoms with Crippen LogP contribution >= 0.6 is 0 Å². The number of fused-ring (bicyclic) bond motifs is 7. The van der Waals surface area contributed by atoms with E-state index < -0.39 is 14.1 Å². The highest BCUT2D eigenvalue weighted by molar-refractivity contribution is 6.74. The second-order valence-electron chi connectivity index (χ2n) is 16.6. The van der Waals surface area contributed by atoms with Crippen molar-refractivity contribution in [2.45, 2.75) is 149 Å². The van der Waals surface area contributed by atoms with Crippen molar-refractivity contribution in [1.29, 1.82) is 0 Å². The van der Waals surface area contributed by atoms with E-state index in [9.17, 15) is 4.79 Å². The van der Waals surface area contributed by atoms with Crippen LogP contribution in [0.25, 0.3) is 0 Å². The van der Waals surface area contributed by atoms with Gasteiger partial charge in [0.05, 0.1) is 6.10 Å². The molecule has 0 spiro atoms. The smallest absolute Gasteiger partial charge is 0.191 e. The van der Waals surface area contributed by atoms with Crippen LogP contribution in [0.15, 0.2) is 11.6 Å². The number of carbonyl (C=O) groups excluding carboxylic acids is 1. The number of rotatable bonds is 7. The van der Waals surface area contributed by atoms with Crippen LogP contribution in [0.2, 0.25) is 18.1 Å². The molecule has 1 saturated heterocycles. The number of carbonyl (C=O) groups is 1. The minimum atomic E-state index is -1.65. The number of hydrogen-bond acceptors (Lipinski definition) is 4. The van der Waals surface area contributed by atoms with Crippen LogP contribution in [0.1, 0.15) is 113 Å². The normalized spacial score (nSPS) is 42.3. The predicted molar refractivity (Wildman–Crippen MR) is 161 cm³/mol. The Bertz CT molecular complexity index is 978. The molecule has 1 heterocycles. The van der Waals surface area contributed by atoms with Gasteiger partial charge in [-0.3, -0.25) is 4.79 Å². The fourth-order valence-electron chi connectivity index (χ4n) is 9.66. The number of ketones is 1. The molecule has 8 unspecified atom stereocenters. The Hall–Kier alpha value is -0.493. The van der Waals surface area contributed by atoms with E-state index in [0.29, 0.717) is 29.0 Å². The lowest BCUT2D eigenvalue weighted by Crippen LogP contribution is -2.56. The summed E-state index contributed by atoms with van der Waals surface area (Å²) >= 11 is 0. The van der Waals surface area contributed by atoms with Crippen LogP contribution in [-0.2, 0) is 18.7 Å². The standard InChI is InChI=1S/C34H58O4Si/c1-22(13-11-12-20-36-39(9,10)31(2,3)4)23-14-15-24-29-25(16-18-33(23,24)7)34(8)19-17-28-30(26(34)21-27(29)35)38-32(5,6)37-28/h21-25,28-30H,11-20H2,1-10H3/t22-,23?,24?,25?,28?,29?,30?,33?,34?/m1/s1. The highest BCUT2D eigenvalue weighted by Crippen LogP contribution is 2.67. The molecule has 0 aromatic heterocycles. The quantitative estimate of drug-likeness (QED) is 0.231. The molecule has 9 atom stereocenters. The highest BCUT2D eigenvalue weighted by Gasteiger charge is 2.63. The summed E-state index contributed by atoms with van der Waals surface area (Å²) in [7, 11) is -1.65. The molecule has 5 aliphatic rings. The monoisotopic (exact) mass is 558 g/mol. The van der Waals surface area contributed by atoms with Crippen LogP contribution in [0, 0.1) is 40.4 Å². The van der Waals surface area contributed by atoms with Crippen molar-refractivity contribution in [2.24, 2.45) is 40.4 Å². The first-order valence-corrected chi connectivity index (χ1v) is 19.2. The van der Waals surface area contributed by atoms with E-state index in [4.69, 9.17) is 13.9 Å². The van der Waals surface area contributed by atoms with E-state index in [0.717, 1.165) is 25.4 Å². The minimum Gasteiger partial charge on any atom is -0.417 e. The van der Waals surface area contributed by atoms with Crippen LogP contribution in [0.5, 0.6) is 0 Å². The summed E-state index contributed by atoms with van der Waals surface area (Å²) in [5.74, 6) is 2.47. The number of hydrogen-bond donors (Lipinski definition) is 0.